The summed E-state index contributed by atoms with van der Waals surface area (Å²) in [5.74, 6) is 1.95. The number of thiophene rings is 1. The first-order valence-electron chi connectivity index (χ1n) is 16.5. The van der Waals surface area contributed by atoms with Crippen molar-refractivity contribution >= 4 is 63.8 Å². The van der Waals surface area contributed by atoms with Crippen LogP contribution in [0.1, 0.15) is 0 Å². The number of aromatic nitrogens is 4. The maximum atomic E-state index is 5.37. The highest BCUT2D eigenvalue weighted by atomic mass is 32.1. The molecule has 0 bridgehead atoms. The van der Waals surface area contributed by atoms with Gasteiger partial charge in [0.25, 0.3) is 0 Å². The molecule has 0 fully saturated rings. The lowest BCUT2D eigenvalue weighted by atomic mass is 10.0. The highest BCUT2D eigenvalue weighted by molar-refractivity contribution is 7.26. The minimum absolute atomic E-state index is 0.644. The zero-order chi connectivity index (χ0) is 33.0. The fourth-order valence-electron chi connectivity index (χ4n) is 6.68. The summed E-state index contributed by atoms with van der Waals surface area (Å²) in [6.45, 7) is 0. The first-order valence-corrected chi connectivity index (χ1v) is 18.1. The smallest absolute Gasteiger partial charge is 0.164 e. The van der Waals surface area contributed by atoms with E-state index in [-0.39, 0.29) is 0 Å². The number of fused-ring (bicyclic) bond motifs is 6. The van der Waals surface area contributed by atoms with Crippen LogP contribution in [0.3, 0.4) is 0 Å². The lowest BCUT2D eigenvalue weighted by Crippen LogP contribution is -2.00. The maximum Gasteiger partial charge on any atom is 0.164 e. The van der Waals surface area contributed by atoms with E-state index in [4.69, 9.17) is 19.9 Å². The van der Waals surface area contributed by atoms with Gasteiger partial charge in [0.05, 0.1) is 10.2 Å². The Bertz CT molecular complexity index is 2800. The van der Waals surface area contributed by atoms with Crippen molar-refractivity contribution in [3.05, 3.63) is 158 Å². The number of thiazole rings is 1. The lowest BCUT2D eigenvalue weighted by molar-refractivity contribution is 1.07. The fourth-order valence-corrected chi connectivity index (χ4v) is 8.93. The van der Waals surface area contributed by atoms with Crippen LogP contribution in [0.2, 0.25) is 0 Å². The monoisotopic (exact) mass is 674 g/mol. The maximum absolute atomic E-state index is 5.37. The third kappa shape index (κ3) is 4.96. The van der Waals surface area contributed by atoms with Gasteiger partial charge in [-0.1, -0.05) is 140 Å². The number of nitrogens with zero attached hydrogens (tertiary/aromatic N) is 4. The van der Waals surface area contributed by atoms with Gasteiger partial charge in [0.1, 0.15) is 5.01 Å². The van der Waals surface area contributed by atoms with Gasteiger partial charge in [-0.3, -0.25) is 0 Å². The van der Waals surface area contributed by atoms with Crippen molar-refractivity contribution in [1.29, 1.82) is 0 Å². The van der Waals surface area contributed by atoms with E-state index in [0.717, 1.165) is 38.3 Å². The molecule has 10 aromatic rings. The molecule has 0 amide bonds. The summed E-state index contributed by atoms with van der Waals surface area (Å²) < 4.78 is 3.70. The zero-order valence-electron chi connectivity index (χ0n) is 26.6. The molecule has 50 heavy (non-hydrogen) atoms. The largest absolute Gasteiger partial charge is 0.235 e. The normalized spacial score (nSPS) is 11.6. The molecule has 0 radical (unpaired) electrons. The Kier molecular flexibility index (Phi) is 6.82. The first-order chi connectivity index (χ1) is 24.7. The molecule has 0 aliphatic heterocycles. The van der Waals surface area contributed by atoms with Crippen molar-refractivity contribution in [1.82, 2.24) is 19.9 Å². The first kappa shape index (κ1) is 28.9. The molecule has 0 unspecified atom stereocenters. The molecule has 0 aliphatic rings. The molecule has 3 aromatic heterocycles. The van der Waals surface area contributed by atoms with Crippen LogP contribution in [0.15, 0.2) is 158 Å². The van der Waals surface area contributed by atoms with E-state index in [1.807, 2.05) is 72.0 Å². The average molecular weight is 675 g/mol. The van der Waals surface area contributed by atoms with Crippen molar-refractivity contribution in [3.8, 4) is 55.9 Å². The topological polar surface area (TPSA) is 51.6 Å². The van der Waals surface area contributed by atoms with E-state index in [1.165, 1.54) is 41.2 Å². The van der Waals surface area contributed by atoms with Crippen LogP contribution in [-0.2, 0) is 0 Å². The summed E-state index contributed by atoms with van der Waals surface area (Å²) >= 11 is 3.60. The van der Waals surface area contributed by atoms with Crippen molar-refractivity contribution in [2.75, 3.05) is 0 Å². The fraction of sp³-hybridized carbons (Fsp3) is 0. The molecular weight excluding hydrogens is 649 g/mol. The number of hydrogen-bond donors (Lipinski definition) is 0. The van der Waals surface area contributed by atoms with Crippen molar-refractivity contribution in [2.24, 2.45) is 0 Å². The van der Waals surface area contributed by atoms with Crippen molar-refractivity contribution in [2.45, 2.75) is 0 Å². The Hall–Kier alpha value is -6.08. The Balaban J connectivity index is 1.13. The third-order valence-corrected chi connectivity index (χ3v) is 11.4. The molecule has 0 saturated carbocycles. The Morgan fingerprint density at radius 1 is 0.380 bits per heavy atom. The predicted molar refractivity (Wildman–Crippen MR) is 211 cm³/mol. The van der Waals surface area contributed by atoms with Gasteiger partial charge in [-0.15, -0.1) is 22.7 Å². The van der Waals surface area contributed by atoms with Crippen LogP contribution < -0.4 is 0 Å². The van der Waals surface area contributed by atoms with E-state index in [0.29, 0.717) is 17.5 Å². The summed E-state index contributed by atoms with van der Waals surface area (Å²) in [6, 6.07) is 55.0. The van der Waals surface area contributed by atoms with E-state index >= 15 is 0 Å². The van der Waals surface area contributed by atoms with E-state index in [1.54, 1.807) is 11.3 Å². The van der Waals surface area contributed by atoms with Crippen LogP contribution in [0, 0.1) is 0 Å². The number of rotatable bonds is 5. The van der Waals surface area contributed by atoms with Crippen LogP contribution in [-0.4, -0.2) is 19.9 Å². The second-order valence-corrected chi connectivity index (χ2v) is 14.4. The Morgan fingerprint density at radius 3 is 1.64 bits per heavy atom. The minimum Gasteiger partial charge on any atom is -0.235 e. The second-order valence-electron chi connectivity index (χ2n) is 12.3. The highest BCUT2D eigenvalue weighted by Crippen LogP contribution is 2.46. The molecule has 0 N–H and O–H groups in total. The van der Waals surface area contributed by atoms with Gasteiger partial charge in [0.2, 0.25) is 0 Å². The molecule has 0 saturated heterocycles. The third-order valence-electron chi connectivity index (χ3n) is 9.16. The number of hydrogen-bond acceptors (Lipinski definition) is 6. The standard InChI is InChI=1S/C44H26N4S2/c1-3-12-29(13-4-1)41-46-42(30-14-5-2-6-15-30)48-43(47-41)31-22-20-28(21-23-31)35-26-37-38(34-17-9-10-18-36(34)49-37)39-40(35)50-44(45-39)33-24-19-27-11-7-8-16-32(27)25-33/h1-26H. The minimum atomic E-state index is 0.644. The Morgan fingerprint density at radius 2 is 0.940 bits per heavy atom. The van der Waals surface area contributed by atoms with Gasteiger partial charge in [0.15, 0.2) is 17.5 Å². The molecule has 10 rings (SSSR count). The molecule has 6 heteroatoms. The molecule has 234 valence electrons. The van der Waals surface area contributed by atoms with Crippen LogP contribution in [0.4, 0.5) is 0 Å². The molecule has 0 aliphatic carbocycles. The van der Waals surface area contributed by atoms with Crippen molar-refractivity contribution < 1.29 is 0 Å². The van der Waals surface area contributed by atoms with Gasteiger partial charge < -0.3 is 0 Å². The SMILES string of the molecule is c1ccc(-c2nc(-c3ccccc3)nc(-c3ccc(-c4cc5sc6ccccc6c5c5nc(-c6ccc7ccccc7c6)sc45)cc3)n2)cc1. The summed E-state index contributed by atoms with van der Waals surface area (Å²) in [6.07, 6.45) is 0. The summed E-state index contributed by atoms with van der Waals surface area (Å²) in [5.41, 5.74) is 7.36. The molecule has 0 atom stereocenters. The van der Waals surface area contributed by atoms with E-state index in [9.17, 15) is 0 Å². The van der Waals surface area contributed by atoms with Gasteiger partial charge in [-0.25, -0.2) is 19.9 Å². The van der Waals surface area contributed by atoms with Gasteiger partial charge in [0, 0.05) is 48.0 Å². The highest BCUT2D eigenvalue weighted by Gasteiger charge is 2.19. The average Bonchev–Trinajstić information content (AvgIpc) is 3.80. The summed E-state index contributed by atoms with van der Waals surface area (Å²) in [7, 11) is 0. The van der Waals surface area contributed by atoms with Gasteiger partial charge >= 0.3 is 0 Å². The zero-order valence-corrected chi connectivity index (χ0v) is 28.2. The van der Waals surface area contributed by atoms with Gasteiger partial charge in [-0.05, 0) is 34.5 Å². The molecular formula is C44H26N4S2. The Labute approximate surface area is 296 Å². The summed E-state index contributed by atoms with van der Waals surface area (Å²) in [4.78, 5) is 20.1. The van der Waals surface area contributed by atoms with E-state index in [2.05, 4.69) is 97.1 Å². The quantitative estimate of drug-likeness (QED) is 0.182. The molecule has 4 nitrogen and oxygen atoms in total. The van der Waals surface area contributed by atoms with Crippen LogP contribution >= 0.6 is 22.7 Å². The van der Waals surface area contributed by atoms with E-state index < -0.39 is 0 Å². The molecule has 7 aromatic carbocycles. The lowest BCUT2D eigenvalue weighted by Gasteiger charge is -2.09. The predicted octanol–water partition coefficient (Wildman–Crippen LogP) is 12.3. The van der Waals surface area contributed by atoms with Crippen LogP contribution in [0.5, 0.6) is 0 Å². The van der Waals surface area contributed by atoms with Crippen LogP contribution in [0.25, 0.3) is 97.0 Å². The van der Waals surface area contributed by atoms with Crippen molar-refractivity contribution in [3.63, 3.8) is 0 Å². The van der Waals surface area contributed by atoms with Gasteiger partial charge in [-0.2, -0.15) is 0 Å². The second kappa shape index (κ2) is 11.8. The summed E-state index contributed by atoms with van der Waals surface area (Å²) in [5, 5.41) is 5.97. The molecule has 3 heterocycles. The number of benzene rings is 7. The molecule has 0 spiro atoms.